The van der Waals surface area contributed by atoms with E-state index in [2.05, 4.69) is 10.2 Å². The van der Waals surface area contributed by atoms with Gasteiger partial charge in [0.1, 0.15) is 17.2 Å². The van der Waals surface area contributed by atoms with Gasteiger partial charge in [0.15, 0.2) is 11.5 Å². The Hall–Kier alpha value is -3.02. The highest BCUT2D eigenvalue weighted by Gasteiger charge is 2.29. The number of phenolic OH excluding ortho intramolecular Hbond substituents is 1. The number of phenols is 1. The van der Waals surface area contributed by atoms with Gasteiger partial charge in [0.25, 0.3) is 5.91 Å². The molecule has 3 aromatic rings. The van der Waals surface area contributed by atoms with Crippen LogP contribution in [0.1, 0.15) is 47.5 Å². The molecule has 1 aliphatic rings. The van der Waals surface area contributed by atoms with Crippen molar-refractivity contribution in [1.29, 1.82) is 0 Å². The predicted octanol–water partition coefficient (Wildman–Crippen LogP) is 4.31. The second-order valence-electron chi connectivity index (χ2n) is 7.43. The van der Waals surface area contributed by atoms with E-state index >= 15 is 0 Å². The molecule has 0 bridgehead atoms. The molecule has 0 saturated carbocycles. The van der Waals surface area contributed by atoms with Crippen LogP contribution in [-0.2, 0) is 6.42 Å². The lowest BCUT2D eigenvalue weighted by Crippen LogP contribution is -2.44. The number of aromatic hydroxyl groups is 1. The average Bonchev–Trinajstić information content (AvgIpc) is 3.36. The molecule has 28 heavy (non-hydrogen) atoms. The summed E-state index contributed by atoms with van der Waals surface area (Å²) < 4.78 is 5.61. The van der Waals surface area contributed by atoms with Crippen LogP contribution in [0.25, 0.3) is 11.5 Å². The molecule has 6 heteroatoms. The van der Waals surface area contributed by atoms with Crippen LogP contribution in [0.3, 0.4) is 0 Å². The van der Waals surface area contributed by atoms with Gasteiger partial charge in [0.05, 0.1) is 0 Å². The highest BCUT2D eigenvalue weighted by atomic mass is 16.3. The summed E-state index contributed by atoms with van der Waals surface area (Å²) in [6, 6.07) is 13.0. The van der Waals surface area contributed by atoms with Crippen molar-refractivity contribution in [2.45, 2.75) is 45.1 Å². The number of carbonyl (C=O) groups is 1. The minimum Gasteiger partial charge on any atom is -0.508 e. The van der Waals surface area contributed by atoms with Gasteiger partial charge in [-0.25, -0.2) is 0 Å². The average molecular weight is 379 g/mol. The van der Waals surface area contributed by atoms with Gasteiger partial charge in [0, 0.05) is 18.7 Å². The van der Waals surface area contributed by atoms with Gasteiger partial charge in [0.2, 0.25) is 0 Å². The first-order valence-corrected chi connectivity index (χ1v) is 9.81. The zero-order chi connectivity index (χ0) is 19.5. The molecule has 0 radical (unpaired) electrons. The third-order valence-electron chi connectivity index (χ3n) is 5.39. The molecule has 0 aliphatic carbocycles. The molecule has 4 rings (SSSR count). The molecular weight excluding hydrogens is 354 g/mol. The first-order chi connectivity index (χ1) is 13.6. The Kier molecular flexibility index (Phi) is 5.19. The summed E-state index contributed by atoms with van der Waals surface area (Å²) in [5.74, 6) is 1.76. The molecule has 1 atom stereocenters. The number of likely N-dealkylation sites (tertiary alicyclic amines) is 1. The van der Waals surface area contributed by atoms with Gasteiger partial charge >= 0.3 is 0 Å². The van der Waals surface area contributed by atoms with E-state index < -0.39 is 0 Å². The highest BCUT2D eigenvalue weighted by Crippen LogP contribution is 2.25. The van der Waals surface area contributed by atoms with Crippen molar-refractivity contribution in [2.75, 3.05) is 6.54 Å². The van der Waals surface area contributed by atoms with E-state index in [9.17, 15) is 9.90 Å². The van der Waals surface area contributed by atoms with Crippen LogP contribution in [0.15, 0.2) is 46.9 Å². The molecular formula is C22H25N3O3. The molecule has 1 amide bonds. The second-order valence-corrected chi connectivity index (χ2v) is 7.43. The summed E-state index contributed by atoms with van der Waals surface area (Å²) in [7, 11) is 0. The fourth-order valence-electron chi connectivity index (χ4n) is 3.85. The molecule has 0 unspecified atom stereocenters. The zero-order valence-corrected chi connectivity index (χ0v) is 16.0. The fraction of sp³-hybridized carbons (Fsp3) is 0.364. The maximum atomic E-state index is 13.1. The Balaban J connectivity index is 1.45. The molecule has 3 heterocycles. The number of rotatable bonds is 5. The maximum absolute atomic E-state index is 13.1. The van der Waals surface area contributed by atoms with Crippen LogP contribution in [0.4, 0.5) is 0 Å². The minimum absolute atomic E-state index is 0.0267. The number of hydrogen-bond acceptors (Lipinski definition) is 4. The predicted molar refractivity (Wildman–Crippen MR) is 106 cm³/mol. The third-order valence-corrected chi connectivity index (χ3v) is 5.39. The number of aromatic nitrogens is 2. The molecule has 0 spiro atoms. The number of aromatic amines is 1. The SMILES string of the molecule is Cc1ccc(-c2cc(C(=O)N3CCCC[C@@H]3CCc3ccc(O)cc3)n[nH]2)o1. The lowest BCUT2D eigenvalue weighted by atomic mass is 9.95. The van der Waals surface area contributed by atoms with Gasteiger partial charge in [-0.3, -0.25) is 9.89 Å². The smallest absolute Gasteiger partial charge is 0.274 e. The quantitative estimate of drug-likeness (QED) is 0.692. The molecule has 1 aromatic carbocycles. The van der Waals surface area contributed by atoms with Crippen LogP contribution in [0.2, 0.25) is 0 Å². The Bertz CT molecular complexity index is 942. The van der Waals surface area contributed by atoms with Crippen LogP contribution in [-0.4, -0.2) is 38.7 Å². The number of piperidine rings is 1. The van der Waals surface area contributed by atoms with Crippen molar-refractivity contribution in [1.82, 2.24) is 15.1 Å². The standard InChI is InChI=1S/C22H25N3O3/c1-15-5-12-21(28-15)19-14-20(24-23-19)22(27)25-13-3-2-4-17(25)9-6-16-7-10-18(26)11-8-16/h5,7-8,10-12,14,17,26H,2-4,6,9,13H2,1H3,(H,23,24)/t17-/m1/s1. The van der Waals surface area contributed by atoms with Gasteiger partial charge in [-0.15, -0.1) is 0 Å². The zero-order valence-electron chi connectivity index (χ0n) is 16.0. The third kappa shape index (κ3) is 3.96. The van der Waals surface area contributed by atoms with E-state index in [1.807, 2.05) is 36.1 Å². The minimum atomic E-state index is -0.0267. The van der Waals surface area contributed by atoms with Gasteiger partial charge in [-0.05, 0) is 68.9 Å². The van der Waals surface area contributed by atoms with E-state index in [0.717, 1.165) is 44.4 Å². The van der Waals surface area contributed by atoms with E-state index in [4.69, 9.17) is 4.42 Å². The van der Waals surface area contributed by atoms with Crippen molar-refractivity contribution < 1.29 is 14.3 Å². The molecule has 146 valence electrons. The molecule has 1 aliphatic heterocycles. The highest BCUT2D eigenvalue weighted by molar-refractivity contribution is 5.93. The Labute approximate surface area is 164 Å². The van der Waals surface area contributed by atoms with Gasteiger partial charge in [-0.1, -0.05) is 12.1 Å². The largest absolute Gasteiger partial charge is 0.508 e. The topological polar surface area (TPSA) is 82.4 Å². The molecule has 1 saturated heterocycles. The van der Waals surface area contributed by atoms with E-state index in [0.29, 0.717) is 17.1 Å². The summed E-state index contributed by atoms with van der Waals surface area (Å²) >= 11 is 0. The maximum Gasteiger partial charge on any atom is 0.274 e. The van der Waals surface area contributed by atoms with E-state index in [1.165, 1.54) is 5.56 Å². The van der Waals surface area contributed by atoms with Crippen molar-refractivity contribution in [3.8, 4) is 17.2 Å². The van der Waals surface area contributed by atoms with E-state index in [1.54, 1.807) is 18.2 Å². The normalized spacial score (nSPS) is 17.0. The van der Waals surface area contributed by atoms with Crippen molar-refractivity contribution in [2.24, 2.45) is 0 Å². The lowest BCUT2D eigenvalue weighted by molar-refractivity contribution is 0.0596. The van der Waals surface area contributed by atoms with Crippen molar-refractivity contribution in [3.63, 3.8) is 0 Å². The van der Waals surface area contributed by atoms with Crippen molar-refractivity contribution in [3.05, 3.63) is 59.5 Å². The fourth-order valence-corrected chi connectivity index (χ4v) is 3.85. The van der Waals surface area contributed by atoms with Crippen LogP contribution < -0.4 is 0 Å². The summed E-state index contributed by atoms with van der Waals surface area (Å²) in [5.41, 5.74) is 2.32. The van der Waals surface area contributed by atoms with Gasteiger partial charge in [-0.2, -0.15) is 5.10 Å². The lowest BCUT2D eigenvalue weighted by Gasteiger charge is -2.35. The Morgan fingerprint density at radius 3 is 2.82 bits per heavy atom. The number of nitrogens with one attached hydrogen (secondary N) is 1. The molecule has 2 N–H and O–H groups in total. The Morgan fingerprint density at radius 1 is 1.25 bits per heavy atom. The monoisotopic (exact) mass is 379 g/mol. The van der Waals surface area contributed by atoms with Crippen LogP contribution in [0, 0.1) is 6.92 Å². The first-order valence-electron chi connectivity index (χ1n) is 9.81. The van der Waals surface area contributed by atoms with Crippen LogP contribution in [0.5, 0.6) is 5.75 Å². The second kappa shape index (κ2) is 7.92. The van der Waals surface area contributed by atoms with Crippen molar-refractivity contribution >= 4 is 5.91 Å². The Morgan fingerprint density at radius 2 is 2.07 bits per heavy atom. The number of amides is 1. The molecule has 1 fully saturated rings. The van der Waals surface area contributed by atoms with E-state index in [-0.39, 0.29) is 17.7 Å². The molecule has 2 aromatic heterocycles. The number of furan rings is 1. The number of H-pyrrole nitrogens is 1. The molecule has 6 nitrogen and oxygen atoms in total. The summed E-state index contributed by atoms with van der Waals surface area (Å²) in [6.45, 7) is 2.65. The summed E-state index contributed by atoms with van der Waals surface area (Å²) in [5, 5.41) is 16.6. The van der Waals surface area contributed by atoms with Crippen LogP contribution >= 0.6 is 0 Å². The number of carbonyl (C=O) groups excluding carboxylic acids is 1. The number of hydrogen-bond donors (Lipinski definition) is 2. The number of aryl methyl sites for hydroxylation is 2. The first kappa shape index (κ1) is 18.3. The number of nitrogens with zero attached hydrogens (tertiary/aromatic N) is 2. The van der Waals surface area contributed by atoms with Gasteiger partial charge < -0.3 is 14.4 Å². The summed E-state index contributed by atoms with van der Waals surface area (Å²) in [4.78, 5) is 15.1. The summed E-state index contributed by atoms with van der Waals surface area (Å²) in [6.07, 6.45) is 4.97. The number of benzene rings is 1.